The first-order valence-electron chi connectivity index (χ1n) is 6.61. The molecule has 2 N–H and O–H groups in total. The minimum atomic E-state index is -0.240. The molecule has 3 heteroatoms. The van der Waals surface area contributed by atoms with Gasteiger partial charge in [-0.05, 0) is 45.3 Å². The largest absolute Gasteiger partial charge is 0.390 e. The van der Waals surface area contributed by atoms with Gasteiger partial charge < -0.3 is 15.3 Å². The van der Waals surface area contributed by atoms with Gasteiger partial charge in [0.1, 0.15) is 0 Å². The van der Waals surface area contributed by atoms with Crippen molar-refractivity contribution in [1.29, 1.82) is 0 Å². The molecule has 1 aliphatic carbocycles. The molecule has 1 aliphatic rings. The van der Waals surface area contributed by atoms with Gasteiger partial charge in [0.2, 0.25) is 0 Å². The van der Waals surface area contributed by atoms with Crippen molar-refractivity contribution in [2.24, 2.45) is 11.8 Å². The lowest BCUT2D eigenvalue weighted by Crippen LogP contribution is -2.37. The van der Waals surface area contributed by atoms with Gasteiger partial charge in [-0.3, -0.25) is 0 Å². The molecule has 16 heavy (non-hydrogen) atoms. The van der Waals surface area contributed by atoms with Crippen molar-refractivity contribution < 1.29 is 5.11 Å². The van der Waals surface area contributed by atoms with Gasteiger partial charge in [0, 0.05) is 13.1 Å². The van der Waals surface area contributed by atoms with Crippen LogP contribution in [0.25, 0.3) is 0 Å². The lowest BCUT2D eigenvalue weighted by Gasteiger charge is -2.27. The zero-order valence-corrected chi connectivity index (χ0v) is 11.1. The molecule has 0 spiro atoms. The highest BCUT2D eigenvalue weighted by molar-refractivity contribution is 4.73. The van der Waals surface area contributed by atoms with Crippen molar-refractivity contribution in [3.8, 4) is 0 Å². The molecule has 0 aromatic rings. The summed E-state index contributed by atoms with van der Waals surface area (Å²) in [6.07, 6.45) is 5.27. The molecule has 3 unspecified atom stereocenters. The second-order valence-electron chi connectivity index (χ2n) is 5.71. The summed E-state index contributed by atoms with van der Waals surface area (Å²) in [4.78, 5) is 2.02. The van der Waals surface area contributed by atoms with E-state index in [2.05, 4.69) is 12.2 Å². The van der Waals surface area contributed by atoms with E-state index in [1.807, 2.05) is 19.0 Å². The third-order valence-electron chi connectivity index (χ3n) is 3.43. The molecule has 0 radical (unpaired) electrons. The summed E-state index contributed by atoms with van der Waals surface area (Å²) in [5, 5.41) is 13.1. The van der Waals surface area contributed by atoms with Crippen LogP contribution in [0.3, 0.4) is 0 Å². The predicted molar refractivity (Wildman–Crippen MR) is 68.6 cm³/mol. The number of nitrogens with zero attached hydrogens (tertiary/aromatic N) is 1. The van der Waals surface area contributed by atoms with Gasteiger partial charge in [0.15, 0.2) is 0 Å². The molecule has 0 amide bonds. The fourth-order valence-corrected chi connectivity index (χ4v) is 2.69. The first-order chi connectivity index (χ1) is 7.58. The van der Waals surface area contributed by atoms with Crippen LogP contribution in [-0.2, 0) is 0 Å². The van der Waals surface area contributed by atoms with E-state index in [4.69, 9.17) is 0 Å². The first kappa shape index (κ1) is 13.9. The van der Waals surface area contributed by atoms with E-state index in [0.29, 0.717) is 0 Å². The van der Waals surface area contributed by atoms with Gasteiger partial charge >= 0.3 is 0 Å². The Morgan fingerprint density at radius 3 is 2.75 bits per heavy atom. The predicted octanol–water partition coefficient (Wildman–Crippen LogP) is 1.32. The van der Waals surface area contributed by atoms with Crippen LogP contribution in [0.15, 0.2) is 0 Å². The second kappa shape index (κ2) is 7.25. The number of aliphatic hydroxyl groups excluding tert-OH is 1. The summed E-state index contributed by atoms with van der Waals surface area (Å²) < 4.78 is 0. The highest BCUT2D eigenvalue weighted by Crippen LogP contribution is 2.27. The van der Waals surface area contributed by atoms with Crippen LogP contribution in [0.1, 0.15) is 32.6 Å². The zero-order valence-electron chi connectivity index (χ0n) is 11.1. The Labute approximate surface area is 100 Å². The maximum Gasteiger partial charge on any atom is 0.0791 e. The summed E-state index contributed by atoms with van der Waals surface area (Å²) in [5.41, 5.74) is 0. The van der Waals surface area contributed by atoms with Crippen LogP contribution in [0.5, 0.6) is 0 Å². The maximum absolute atomic E-state index is 9.70. The van der Waals surface area contributed by atoms with Crippen molar-refractivity contribution in [3.63, 3.8) is 0 Å². The third kappa shape index (κ3) is 5.83. The lowest BCUT2D eigenvalue weighted by molar-refractivity contribution is 0.132. The Morgan fingerprint density at radius 1 is 1.38 bits per heavy atom. The monoisotopic (exact) mass is 228 g/mol. The number of rotatable bonds is 6. The highest BCUT2D eigenvalue weighted by Gasteiger charge is 2.18. The summed E-state index contributed by atoms with van der Waals surface area (Å²) >= 11 is 0. The Bertz CT molecular complexity index is 185. The summed E-state index contributed by atoms with van der Waals surface area (Å²) in [6, 6.07) is 0. The summed E-state index contributed by atoms with van der Waals surface area (Å²) in [5.74, 6) is 1.72. The Hall–Kier alpha value is -0.120. The van der Waals surface area contributed by atoms with Gasteiger partial charge in [-0.2, -0.15) is 0 Å². The molecular formula is C13H28N2O. The molecular weight excluding hydrogens is 200 g/mol. The quantitative estimate of drug-likeness (QED) is 0.720. The minimum absolute atomic E-state index is 0.240. The molecule has 3 atom stereocenters. The average Bonchev–Trinajstić information content (AvgIpc) is 2.16. The molecule has 1 saturated carbocycles. The third-order valence-corrected chi connectivity index (χ3v) is 3.43. The number of aliphatic hydroxyl groups is 1. The molecule has 0 aliphatic heterocycles. The number of hydrogen-bond donors (Lipinski definition) is 2. The molecule has 0 saturated heterocycles. The highest BCUT2D eigenvalue weighted by atomic mass is 16.3. The van der Waals surface area contributed by atoms with E-state index in [9.17, 15) is 5.11 Å². The molecule has 1 rings (SSSR count). The van der Waals surface area contributed by atoms with Crippen LogP contribution in [-0.4, -0.2) is 49.8 Å². The van der Waals surface area contributed by atoms with Gasteiger partial charge in [-0.15, -0.1) is 0 Å². The zero-order chi connectivity index (χ0) is 12.0. The smallest absolute Gasteiger partial charge is 0.0791 e. The Balaban J connectivity index is 2.05. The Kier molecular flexibility index (Phi) is 6.32. The van der Waals surface area contributed by atoms with Crippen LogP contribution >= 0.6 is 0 Å². The van der Waals surface area contributed by atoms with Gasteiger partial charge in [0.25, 0.3) is 0 Å². The van der Waals surface area contributed by atoms with E-state index in [-0.39, 0.29) is 6.10 Å². The van der Waals surface area contributed by atoms with Gasteiger partial charge in [-0.25, -0.2) is 0 Å². The Morgan fingerprint density at radius 2 is 2.12 bits per heavy atom. The molecule has 0 heterocycles. The van der Waals surface area contributed by atoms with Crippen LogP contribution in [0.2, 0.25) is 0 Å². The molecule has 0 aromatic carbocycles. The van der Waals surface area contributed by atoms with E-state index >= 15 is 0 Å². The summed E-state index contributed by atoms with van der Waals surface area (Å²) in [7, 11) is 3.98. The van der Waals surface area contributed by atoms with Crippen LogP contribution in [0.4, 0.5) is 0 Å². The topological polar surface area (TPSA) is 35.5 Å². The van der Waals surface area contributed by atoms with Crippen molar-refractivity contribution in [3.05, 3.63) is 0 Å². The van der Waals surface area contributed by atoms with Gasteiger partial charge in [0.05, 0.1) is 6.10 Å². The van der Waals surface area contributed by atoms with Crippen molar-refractivity contribution in [2.45, 2.75) is 38.7 Å². The van der Waals surface area contributed by atoms with Gasteiger partial charge in [-0.1, -0.05) is 19.8 Å². The first-order valence-corrected chi connectivity index (χ1v) is 6.61. The van der Waals surface area contributed by atoms with Crippen LogP contribution in [0, 0.1) is 11.8 Å². The standard InChI is InChI=1S/C13H28N2O/c1-11-5-4-6-12(7-11)8-14-9-13(16)10-15(2)3/h11-14,16H,4-10H2,1-3H3. The van der Waals surface area contributed by atoms with E-state index in [0.717, 1.165) is 31.5 Å². The van der Waals surface area contributed by atoms with E-state index in [1.165, 1.54) is 25.7 Å². The van der Waals surface area contributed by atoms with E-state index < -0.39 is 0 Å². The van der Waals surface area contributed by atoms with Crippen molar-refractivity contribution >= 4 is 0 Å². The molecule has 1 fully saturated rings. The van der Waals surface area contributed by atoms with Crippen molar-refractivity contribution in [2.75, 3.05) is 33.7 Å². The summed E-state index contributed by atoms with van der Waals surface area (Å²) in [6.45, 7) is 4.90. The maximum atomic E-state index is 9.70. The molecule has 0 bridgehead atoms. The van der Waals surface area contributed by atoms with E-state index in [1.54, 1.807) is 0 Å². The number of likely N-dealkylation sites (N-methyl/N-ethyl adjacent to an activating group) is 1. The molecule has 3 nitrogen and oxygen atoms in total. The normalized spacial score (nSPS) is 28.3. The van der Waals surface area contributed by atoms with Crippen molar-refractivity contribution in [1.82, 2.24) is 10.2 Å². The molecule has 0 aromatic heterocycles. The SMILES string of the molecule is CC1CCCC(CNCC(O)CN(C)C)C1. The van der Waals surface area contributed by atoms with Crippen LogP contribution < -0.4 is 5.32 Å². The second-order valence-corrected chi connectivity index (χ2v) is 5.71. The fraction of sp³-hybridized carbons (Fsp3) is 1.00. The number of hydrogen-bond acceptors (Lipinski definition) is 3. The number of nitrogens with one attached hydrogen (secondary N) is 1. The average molecular weight is 228 g/mol. The fourth-order valence-electron chi connectivity index (χ4n) is 2.69. The lowest BCUT2D eigenvalue weighted by atomic mass is 9.82. The molecule has 96 valence electrons. The minimum Gasteiger partial charge on any atom is -0.390 e.